The van der Waals surface area contributed by atoms with Gasteiger partial charge in [0.15, 0.2) is 5.78 Å². The van der Waals surface area contributed by atoms with E-state index in [2.05, 4.69) is 14.8 Å². The van der Waals surface area contributed by atoms with Gasteiger partial charge in [-0.05, 0) is 41.8 Å². The predicted molar refractivity (Wildman–Crippen MR) is 97.7 cm³/mol. The first kappa shape index (κ1) is 15.8. The van der Waals surface area contributed by atoms with E-state index >= 15 is 0 Å². The second-order valence-electron chi connectivity index (χ2n) is 6.44. The first-order valence-corrected chi connectivity index (χ1v) is 8.52. The number of ketones is 1. The second-order valence-corrected chi connectivity index (χ2v) is 6.44. The van der Waals surface area contributed by atoms with Crippen LogP contribution in [0.4, 0.5) is 10.1 Å². The van der Waals surface area contributed by atoms with Gasteiger partial charge in [0, 0.05) is 49.1 Å². The molecule has 5 heteroatoms. The maximum atomic E-state index is 13.0. The first-order valence-electron chi connectivity index (χ1n) is 8.52. The molecule has 3 aromatic rings. The van der Waals surface area contributed by atoms with Gasteiger partial charge in [0.1, 0.15) is 5.82 Å². The van der Waals surface area contributed by atoms with E-state index in [1.54, 1.807) is 0 Å². The quantitative estimate of drug-likeness (QED) is 0.743. The molecule has 25 heavy (non-hydrogen) atoms. The van der Waals surface area contributed by atoms with Crippen molar-refractivity contribution in [3.63, 3.8) is 0 Å². The standard InChI is InChI=1S/C20H20FN3O/c21-17-3-5-18(6-4-17)24-11-9-23(10-12-24)14-20(25)16-2-1-15-7-8-22-19(15)13-16/h1-8,13,22H,9-12,14H2. The number of carbonyl (C=O) groups excluding carboxylic acids is 1. The Morgan fingerprint density at radius 1 is 1.00 bits per heavy atom. The number of halogens is 1. The number of hydrogen-bond acceptors (Lipinski definition) is 3. The fraction of sp³-hybridized carbons (Fsp3) is 0.250. The number of benzene rings is 2. The Hall–Kier alpha value is -2.66. The summed E-state index contributed by atoms with van der Waals surface area (Å²) in [6, 6.07) is 14.4. The zero-order valence-corrected chi connectivity index (χ0v) is 13.9. The zero-order valence-electron chi connectivity index (χ0n) is 13.9. The molecule has 1 aromatic heterocycles. The van der Waals surface area contributed by atoms with Crippen LogP contribution in [0.1, 0.15) is 10.4 Å². The molecule has 0 radical (unpaired) electrons. The molecule has 1 saturated heterocycles. The summed E-state index contributed by atoms with van der Waals surface area (Å²) in [5.74, 6) is -0.0706. The number of carbonyl (C=O) groups is 1. The highest BCUT2D eigenvalue weighted by Gasteiger charge is 2.20. The van der Waals surface area contributed by atoms with Gasteiger partial charge in [0.25, 0.3) is 0 Å². The average molecular weight is 337 g/mol. The maximum Gasteiger partial charge on any atom is 0.176 e. The van der Waals surface area contributed by atoms with Crippen molar-refractivity contribution < 1.29 is 9.18 Å². The molecule has 0 amide bonds. The molecule has 0 saturated carbocycles. The largest absolute Gasteiger partial charge is 0.369 e. The van der Waals surface area contributed by atoms with Crippen molar-refractivity contribution in [2.24, 2.45) is 0 Å². The topological polar surface area (TPSA) is 39.3 Å². The van der Waals surface area contributed by atoms with Crippen molar-refractivity contribution in [2.45, 2.75) is 0 Å². The van der Waals surface area contributed by atoms with Gasteiger partial charge in [-0.2, -0.15) is 0 Å². The predicted octanol–water partition coefficient (Wildman–Crippen LogP) is 3.31. The number of nitrogens with zero attached hydrogens (tertiary/aromatic N) is 2. The van der Waals surface area contributed by atoms with Crippen LogP contribution < -0.4 is 4.90 Å². The van der Waals surface area contributed by atoms with E-state index in [9.17, 15) is 9.18 Å². The summed E-state index contributed by atoms with van der Waals surface area (Å²) in [5.41, 5.74) is 2.77. The lowest BCUT2D eigenvalue weighted by molar-refractivity contribution is 0.0926. The molecule has 1 aliphatic heterocycles. The van der Waals surface area contributed by atoms with E-state index in [1.165, 1.54) is 12.1 Å². The minimum absolute atomic E-state index is 0.145. The fourth-order valence-electron chi connectivity index (χ4n) is 3.33. The van der Waals surface area contributed by atoms with Crippen LogP contribution in [0.25, 0.3) is 10.9 Å². The number of fused-ring (bicyclic) bond motifs is 1. The molecule has 1 aliphatic rings. The summed E-state index contributed by atoms with van der Waals surface area (Å²) < 4.78 is 13.0. The van der Waals surface area contributed by atoms with Gasteiger partial charge in [-0.25, -0.2) is 4.39 Å². The minimum Gasteiger partial charge on any atom is -0.369 e. The van der Waals surface area contributed by atoms with Crippen LogP contribution in [0.15, 0.2) is 54.7 Å². The van der Waals surface area contributed by atoms with Gasteiger partial charge >= 0.3 is 0 Å². The molecule has 0 bridgehead atoms. The Morgan fingerprint density at radius 3 is 2.52 bits per heavy atom. The van der Waals surface area contributed by atoms with Crippen molar-refractivity contribution in [1.82, 2.24) is 9.88 Å². The third-order valence-corrected chi connectivity index (χ3v) is 4.81. The lowest BCUT2D eigenvalue weighted by atomic mass is 10.1. The normalized spacial score (nSPS) is 15.6. The van der Waals surface area contributed by atoms with Gasteiger partial charge in [0.2, 0.25) is 0 Å². The smallest absolute Gasteiger partial charge is 0.176 e. The Kier molecular flexibility index (Phi) is 4.24. The number of H-pyrrole nitrogens is 1. The molecule has 128 valence electrons. The third kappa shape index (κ3) is 3.42. The first-order chi connectivity index (χ1) is 12.2. The molecule has 2 aromatic carbocycles. The van der Waals surface area contributed by atoms with Crippen LogP contribution in [0, 0.1) is 5.82 Å². The number of Topliss-reactive ketones (excluding diaryl/α,β-unsaturated/α-hetero) is 1. The van der Waals surface area contributed by atoms with E-state index in [0.29, 0.717) is 6.54 Å². The summed E-state index contributed by atoms with van der Waals surface area (Å²) >= 11 is 0. The Labute approximate surface area is 145 Å². The van der Waals surface area contributed by atoms with Crippen molar-refractivity contribution in [3.8, 4) is 0 Å². The molecular formula is C20H20FN3O. The van der Waals surface area contributed by atoms with Gasteiger partial charge in [0.05, 0.1) is 6.54 Å². The van der Waals surface area contributed by atoms with E-state index < -0.39 is 0 Å². The van der Waals surface area contributed by atoms with Gasteiger partial charge in [-0.3, -0.25) is 9.69 Å². The lowest BCUT2D eigenvalue weighted by Gasteiger charge is -2.35. The average Bonchev–Trinajstić information content (AvgIpc) is 3.11. The Morgan fingerprint density at radius 2 is 1.76 bits per heavy atom. The molecule has 0 unspecified atom stereocenters. The SMILES string of the molecule is O=C(CN1CCN(c2ccc(F)cc2)CC1)c1ccc2cc[nH]c2c1. The van der Waals surface area contributed by atoms with Crippen LogP contribution in [0.5, 0.6) is 0 Å². The number of hydrogen-bond donors (Lipinski definition) is 1. The number of nitrogens with one attached hydrogen (secondary N) is 1. The molecule has 0 spiro atoms. The van der Waals surface area contributed by atoms with Crippen LogP contribution in [0.3, 0.4) is 0 Å². The fourth-order valence-corrected chi connectivity index (χ4v) is 3.33. The number of anilines is 1. The van der Waals surface area contributed by atoms with Crippen LogP contribution in [0.2, 0.25) is 0 Å². The summed E-state index contributed by atoms with van der Waals surface area (Å²) in [7, 11) is 0. The highest BCUT2D eigenvalue weighted by Crippen LogP contribution is 2.18. The molecule has 4 nitrogen and oxygen atoms in total. The molecule has 4 rings (SSSR count). The Balaban J connectivity index is 1.36. The third-order valence-electron chi connectivity index (χ3n) is 4.81. The number of aromatic amines is 1. The molecule has 1 fully saturated rings. The highest BCUT2D eigenvalue weighted by molar-refractivity contribution is 6.00. The van der Waals surface area contributed by atoms with Gasteiger partial charge < -0.3 is 9.88 Å². The molecule has 1 N–H and O–H groups in total. The maximum absolute atomic E-state index is 13.0. The van der Waals surface area contributed by atoms with Crippen LogP contribution >= 0.6 is 0 Å². The van der Waals surface area contributed by atoms with Gasteiger partial charge in [-0.15, -0.1) is 0 Å². The minimum atomic E-state index is -0.216. The lowest BCUT2D eigenvalue weighted by Crippen LogP contribution is -2.48. The Bertz CT molecular complexity index is 879. The van der Waals surface area contributed by atoms with Crippen LogP contribution in [-0.4, -0.2) is 48.4 Å². The van der Waals surface area contributed by atoms with Crippen molar-refractivity contribution in [2.75, 3.05) is 37.6 Å². The second kappa shape index (κ2) is 6.69. The van der Waals surface area contributed by atoms with Crippen molar-refractivity contribution in [1.29, 1.82) is 0 Å². The number of rotatable bonds is 4. The summed E-state index contributed by atoms with van der Waals surface area (Å²) in [6.07, 6.45) is 1.88. The van der Waals surface area contributed by atoms with Crippen molar-refractivity contribution in [3.05, 3.63) is 66.1 Å². The molecule has 0 atom stereocenters. The van der Waals surface area contributed by atoms with E-state index in [-0.39, 0.29) is 11.6 Å². The van der Waals surface area contributed by atoms with Crippen LogP contribution in [-0.2, 0) is 0 Å². The molecular weight excluding hydrogens is 317 g/mol. The monoisotopic (exact) mass is 337 g/mol. The molecule has 0 aliphatic carbocycles. The summed E-state index contributed by atoms with van der Waals surface area (Å²) in [4.78, 5) is 20.1. The van der Waals surface area contributed by atoms with Crippen molar-refractivity contribution >= 4 is 22.4 Å². The van der Waals surface area contributed by atoms with E-state index in [4.69, 9.17) is 0 Å². The van der Waals surface area contributed by atoms with Gasteiger partial charge in [-0.1, -0.05) is 12.1 Å². The molecule has 2 heterocycles. The highest BCUT2D eigenvalue weighted by atomic mass is 19.1. The number of piperazine rings is 1. The van der Waals surface area contributed by atoms with E-state index in [0.717, 1.165) is 48.3 Å². The number of aromatic nitrogens is 1. The summed E-state index contributed by atoms with van der Waals surface area (Å²) in [6.45, 7) is 3.77. The van der Waals surface area contributed by atoms with E-state index in [1.807, 2.05) is 42.6 Å². The zero-order chi connectivity index (χ0) is 17.2. The summed E-state index contributed by atoms with van der Waals surface area (Å²) in [5, 5.41) is 1.12.